The normalized spacial score (nSPS) is 12.0. The molecular weight excluding hydrogens is 359 g/mol. The predicted molar refractivity (Wildman–Crippen MR) is 90.8 cm³/mol. The van der Waals surface area contributed by atoms with Gasteiger partial charge in [-0.05, 0) is 36.6 Å². The van der Waals surface area contributed by atoms with Gasteiger partial charge < -0.3 is 4.52 Å². The van der Waals surface area contributed by atoms with Crippen LogP contribution in [0.2, 0.25) is 0 Å². The molecular formula is C18H14F3N5O. The van der Waals surface area contributed by atoms with Gasteiger partial charge in [0, 0.05) is 5.56 Å². The molecule has 2 aromatic heterocycles. The highest BCUT2D eigenvalue weighted by molar-refractivity contribution is 5.79. The molecule has 9 heteroatoms. The number of benzene rings is 2. The molecule has 4 aromatic rings. The van der Waals surface area contributed by atoms with Crippen LogP contribution in [0.4, 0.5) is 13.2 Å². The second-order valence-electron chi connectivity index (χ2n) is 6.24. The maximum Gasteiger partial charge on any atom is 0.471 e. The summed E-state index contributed by atoms with van der Waals surface area (Å²) in [4.78, 5) is 3.39. The first-order chi connectivity index (χ1) is 12.8. The summed E-state index contributed by atoms with van der Waals surface area (Å²) in [6.45, 7) is 4.51. The van der Waals surface area contributed by atoms with Crippen molar-refractivity contribution in [3.63, 3.8) is 0 Å². The molecule has 0 bridgehead atoms. The fourth-order valence-corrected chi connectivity index (χ4v) is 2.77. The van der Waals surface area contributed by atoms with E-state index in [1.807, 2.05) is 26.0 Å². The molecule has 2 heterocycles. The first-order valence-electron chi connectivity index (χ1n) is 8.12. The third-order valence-electron chi connectivity index (χ3n) is 4.42. The quantitative estimate of drug-likeness (QED) is 0.539. The van der Waals surface area contributed by atoms with E-state index in [2.05, 4.69) is 25.0 Å². The molecule has 0 radical (unpaired) electrons. The summed E-state index contributed by atoms with van der Waals surface area (Å²) in [5.41, 5.74) is 5.38. The van der Waals surface area contributed by atoms with Gasteiger partial charge in [0.1, 0.15) is 5.52 Å². The second kappa shape index (κ2) is 6.19. The number of rotatable bonds is 3. The van der Waals surface area contributed by atoms with Gasteiger partial charge in [-0.3, -0.25) is 0 Å². The largest absolute Gasteiger partial charge is 0.471 e. The van der Waals surface area contributed by atoms with E-state index in [-0.39, 0.29) is 5.82 Å². The zero-order valence-corrected chi connectivity index (χ0v) is 14.4. The Morgan fingerprint density at radius 3 is 2.44 bits per heavy atom. The van der Waals surface area contributed by atoms with Crippen LogP contribution in [-0.4, -0.2) is 25.1 Å². The van der Waals surface area contributed by atoms with Crippen molar-refractivity contribution in [2.75, 3.05) is 0 Å². The zero-order valence-electron chi connectivity index (χ0n) is 14.4. The summed E-state index contributed by atoms with van der Waals surface area (Å²) in [7, 11) is 0. The second-order valence-corrected chi connectivity index (χ2v) is 6.24. The van der Waals surface area contributed by atoms with Gasteiger partial charge in [0.05, 0.1) is 12.1 Å². The smallest absolute Gasteiger partial charge is 0.329 e. The molecule has 0 amide bonds. The van der Waals surface area contributed by atoms with Gasteiger partial charge in [-0.25, -0.2) is 4.68 Å². The number of fused-ring (bicyclic) bond motifs is 1. The van der Waals surface area contributed by atoms with Crippen molar-refractivity contribution < 1.29 is 17.7 Å². The van der Waals surface area contributed by atoms with Crippen LogP contribution in [-0.2, 0) is 12.7 Å². The molecule has 0 aliphatic rings. The maximum absolute atomic E-state index is 12.6. The Morgan fingerprint density at radius 1 is 1.04 bits per heavy atom. The highest BCUT2D eigenvalue weighted by Crippen LogP contribution is 2.29. The van der Waals surface area contributed by atoms with Crippen LogP contribution in [0.1, 0.15) is 22.6 Å². The molecule has 0 spiro atoms. The monoisotopic (exact) mass is 373 g/mol. The molecule has 0 unspecified atom stereocenters. The molecule has 0 aliphatic carbocycles. The number of aromatic nitrogens is 5. The molecule has 0 N–H and O–H groups in total. The van der Waals surface area contributed by atoms with E-state index < -0.39 is 12.1 Å². The lowest BCUT2D eigenvalue weighted by Gasteiger charge is -2.05. The maximum atomic E-state index is 12.6. The van der Waals surface area contributed by atoms with E-state index in [1.165, 1.54) is 0 Å². The van der Waals surface area contributed by atoms with Crippen molar-refractivity contribution in [1.29, 1.82) is 0 Å². The number of hydrogen-bond donors (Lipinski definition) is 0. The summed E-state index contributed by atoms with van der Waals surface area (Å²) >= 11 is 0. The summed E-state index contributed by atoms with van der Waals surface area (Å²) < 4.78 is 43.7. The molecule has 0 saturated heterocycles. The number of hydrogen-bond acceptors (Lipinski definition) is 5. The van der Waals surface area contributed by atoms with E-state index >= 15 is 0 Å². The molecule has 0 aliphatic heterocycles. The molecule has 0 fully saturated rings. The van der Waals surface area contributed by atoms with Crippen LogP contribution >= 0.6 is 0 Å². The van der Waals surface area contributed by atoms with Gasteiger partial charge in [0.2, 0.25) is 5.82 Å². The van der Waals surface area contributed by atoms with E-state index in [1.54, 1.807) is 28.9 Å². The van der Waals surface area contributed by atoms with Crippen molar-refractivity contribution in [3.05, 3.63) is 59.0 Å². The Morgan fingerprint density at radius 2 is 1.78 bits per heavy atom. The minimum absolute atomic E-state index is 0.105. The number of aryl methyl sites for hydroxylation is 2. The van der Waals surface area contributed by atoms with E-state index in [0.717, 1.165) is 27.7 Å². The average molecular weight is 373 g/mol. The SMILES string of the molecule is Cc1ccc2c(nnn2Cc2ccc(-c3noc(C(F)(F)F)n3)cc2)c1C. The zero-order chi connectivity index (χ0) is 19.2. The van der Waals surface area contributed by atoms with Crippen molar-refractivity contribution >= 4 is 11.0 Å². The Hall–Kier alpha value is -3.23. The van der Waals surface area contributed by atoms with Crippen LogP contribution in [0.5, 0.6) is 0 Å². The molecule has 6 nitrogen and oxygen atoms in total. The highest BCUT2D eigenvalue weighted by atomic mass is 19.4. The summed E-state index contributed by atoms with van der Waals surface area (Å²) in [5, 5.41) is 11.8. The minimum Gasteiger partial charge on any atom is -0.329 e. The van der Waals surface area contributed by atoms with Crippen LogP contribution in [0, 0.1) is 13.8 Å². The lowest BCUT2D eigenvalue weighted by Crippen LogP contribution is -2.04. The van der Waals surface area contributed by atoms with Crippen molar-refractivity contribution in [2.24, 2.45) is 0 Å². The summed E-state index contributed by atoms with van der Waals surface area (Å²) in [6, 6.07) is 10.9. The van der Waals surface area contributed by atoms with Crippen LogP contribution in [0.25, 0.3) is 22.4 Å². The fraction of sp³-hybridized carbons (Fsp3) is 0.222. The summed E-state index contributed by atoms with van der Waals surface area (Å²) in [5.74, 6) is -1.47. The Kier molecular flexibility index (Phi) is 3.94. The van der Waals surface area contributed by atoms with Crippen LogP contribution < -0.4 is 0 Å². The van der Waals surface area contributed by atoms with Crippen molar-refractivity contribution in [1.82, 2.24) is 25.1 Å². The van der Waals surface area contributed by atoms with Gasteiger partial charge in [-0.2, -0.15) is 18.2 Å². The van der Waals surface area contributed by atoms with Gasteiger partial charge >= 0.3 is 12.1 Å². The number of nitrogens with zero attached hydrogens (tertiary/aromatic N) is 5. The molecule has 4 rings (SSSR count). The Balaban J connectivity index is 1.58. The minimum atomic E-state index is -4.66. The highest BCUT2D eigenvalue weighted by Gasteiger charge is 2.38. The molecule has 2 aromatic carbocycles. The fourth-order valence-electron chi connectivity index (χ4n) is 2.77. The van der Waals surface area contributed by atoms with Crippen molar-refractivity contribution in [2.45, 2.75) is 26.6 Å². The standard InChI is InChI=1S/C18H14F3N5O/c1-10-3-8-14-15(11(10)2)23-25-26(14)9-12-4-6-13(7-5-12)16-22-17(27-24-16)18(19,20)21/h3-8H,9H2,1-2H3. The average Bonchev–Trinajstić information content (AvgIpc) is 3.27. The number of alkyl halides is 3. The van der Waals surface area contributed by atoms with Crippen molar-refractivity contribution in [3.8, 4) is 11.4 Å². The van der Waals surface area contributed by atoms with Gasteiger partial charge in [-0.15, -0.1) is 5.10 Å². The Bertz CT molecular complexity index is 1110. The van der Waals surface area contributed by atoms with Gasteiger partial charge in [-0.1, -0.05) is 40.7 Å². The predicted octanol–water partition coefficient (Wildman–Crippen LogP) is 4.17. The summed E-state index contributed by atoms with van der Waals surface area (Å²) in [6.07, 6.45) is -4.66. The van der Waals surface area contributed by atoms with Gasteiger partial charge in [0.15, 0.2) is 0 Å². The number of halogens is 3. The van der Waals surface area contributed by atoms with E-state index in [4.69, 9.17) is 0 Å². The van der Waals surface area contributed by atoms with Crippen LogP contribution in [0.3, 0.4) is 0 Å². The molecule has 27 heavy (non-hydrogen) atoms. The van der Waals surface area contributed by atoms with Crippen LogP contribution in [0.15, 0.2) is 40.9 Å². The van der Waals surface area contributed by atoms with Gasteiger partial charge in [0.25, 0.3) is 0 Å². The molecule has 0 atom stereocenters. The lowest BCUT2D eigenvalue weighted by atomic mass is 10.1. The lowest BCUT2D eigenvalue weighted by molar-refractivity contribution is -0.159. The third kappa shape index (κ3) is 3.16. The molecule has 138 valence electrons. The first kappa shape index (κ1) is 17.2. The topological polar surface area (TPSA) is 69.6 Å². The third-order valence-corrected chi connectivity index (χ3v) is 4.42. The molecule has 0 saturated carbocycles. The Labute approximate surface area is 151 Å². The first-order valence-corrected chi connectivity index (χ1v) is 8.12. The van der Waals surface area contributed by atoms with E-state index in [9.17, 15) is 13.2 Å². The van der Waals surface area contributed by atoms with E-state index in [0.29, 0.717) is 12.1 Å².